The van der Waals surface area contributed by atoms with E-state index < -0.39 is 17.6 Å². The number of piperazine rings is 1. The number of thioether (sulfide) groups is 1. The van der Waals surface area contributed by atoms with Gasteiger partial charge in [-0.1, -0.05) is 30.0 Å². The van der Waals surface area contributed by atoms with Gasteiger partial charge in [0.1, 0.15) is 27.6 Å². The van der Waals surface area contributed by atoms with Crippen LogP contribution in [-0.2, 0) is 25.7 Å². The van der Waals surface area contributed by atoms with Crippen LogP contribution in [0, 0.1) is 0 Å². The molecule has 2 amide bonds. The van der Waals surface area contributed by atoms with Gasteiger partial charge in [0.05, 0.1) is 36.3 Å². The van der Waals surface area contributed by atoms with Gasteiger partial charge in [-0.25, -0.2) is 4.98 Å². The first kappa shape index (κ1) is 25.7. The number of rotatable bonds is 7. The Kier molecular flexibility index (Phi) is 7.29. The number of fused-ring (bicyclic) bond motifs is 1. The van der Waals surface area contributed by atoms with E-state index in [0.717, 1.165) is 11.8 Å². The van der Waals surface area contributed by atoms with Gasteiger partial charge in [0.2, 0.25) is 5.91 Å². The van der Waals surface area contributed by atoms with Gasteiger partial charge >= 0.3 is 5.97 Å². The molecule has 2 fully saturated rings. The average molecular weight is 554 g/mol. The number of carbonyl (C=O) groups is 3. The van der Waals surface area contributed by atoms with Crippen molar-refractivity contribution in [1.29, 1.82) is 0 Å². The minimum atomic E-state index is -0.943. The number of thiocarbonyl (C=S) groups is 1. The summed E-state index contributed by atoms with van der Waals surface area (Å²) in [6.07, 6.45) is 4.32. The Bertz CT molecular complexity index is 1520. The maximum Gasteiger partial charge on any atom is 0.308 e. The van der Waals surface area contributed by atoms with Gasteiger partial charge in [0, 0.05) is 19.3 Å². The largest absolute Gasteiger partial charge is 0.467 e. The van der Waals surface area contributed by atoms with Gasteiger partial charge in [-0.3, -0.25) is 28.5 Å². The minimum Gasteiger partial charge on any atom is -0.467 e. The maximum atomic E-state index is 13.7. The number of furan rings is 1. The van der Waals surface area contributed by atoms with Crippen LogP contribution in [0.4, 0.5) is 5.82 Å². The topological polar surface area (TPSA) is 126 Å². The van der Waals surface area contributed by atoms with E-state index in [4.69, 9.17) is 26.4 Å². The normalized spacial score (nSPS) is 18.9. The van der Waals surface area contributed by atoms with E-state index in [-0.39, 0.29) is 47.7 Å². The Labute approximate surface area is 226 Å². The molecular formula is C25H23N5O6S2. The second-order valence-corrected chi connectivity index (χ2v) is 10.1. The Morgan fingerprint density at radius 3 is 2.89 bits per heavy atom. The van der Waals surface area contributed by atoms with Crippen molar-refractivity contribution < 1.29 is 23.5 Å². The lowest BCUT2D eigenvalue weighted by Crippen LogP contribution is -2.57. The van der Waals surface area contributed by atoms with Crippen LogP contribution in [0.25, 0.3) is 11.7 Å². The van der Waals surface area contributed by atoms with Crippen LogP contribution in [0.1, 0.15) is 24.7 Å². The fourth-order valence-electron chi connectivity index (χ4n) is 4.31. The third-order valence-electron chi connectivity index (χ3n) is 6.06. The Morgan fingerprint density at radius 1 is 1.29 bits per heavy atom. The van der Waals surface area contributed by atoms with Gasteiger partial charge in [0.25, 0.3) is 11.5 Å². The number of pyridine rings is 1. The zero-order valence-electron chi connectivity index (χ0n) is 20.3. The predicted molar refractivity (Wildman–Crippen MR) is 144 cm³/mol. The highest BCUT2D eigenvalue weighted by atomic mass is 32.2. The highest BCUT2D eigenvalue weighted by Crippen LogP contribution is 2.35. The van der Waals surface area contributed by atoms with Crippen molar-refractivity contribution in [2.75, 3.05) is 24.6 Å². The van der Waals surface area contributed by atoms with Gasteiger partial charge < -0.3 is 19.4 Å². The van der Waals surface area contributed by atoms with E-state index >= 15 is 0 Å². The van der Waals surface area contributed by atoms with Gasteiger partial charge in [-0.15, -0.1) is 0 Å². The van der Waals surface area contributed by atoms with E-state index in [1.807, 2.05) is 0 Å². The smallest absolute Gasteiger partial charge is 0.308 e. The van der Waals surface area contributed by atoms with E-state index in [9.17, 15) is 19.2 Å². The lowest BCUT2D eigenvalue weighted by atomic mass is 10.1. The van der Waals surface area contributed by atoms with E-state index in [1.165, 1.54) is 21.6 Å². The fraction of sp³-hybridized carbons (Fsp3) is 0.280. The minimum absolute atomic E-state index is 0.107. The lowest BCUT2D eigenvalue weighted by molar-refractivity contribution is -0.145. The first-order valence-corrected chi connectivity index (χ1v) is 13.1. The molecule has 3 aromatic heterocycles. The van der Waals surface area contributed by atoms with Crippen LogP contribution < -0.4 is 15.8 Å². The van der Waals surface area contributed by atoms with Gasteiger partial charge in [0.15, 0.2) is 0 Å². The number of hydrogen-bond donors (Lipinski definition) is 1. The third-order valence-corrected chi connectivity index (χ3v) is 7.44. The molecular weight excluding hydrogens is 530 g/mol. The molecule has 0 unspecified atom stereocenters. The van der Waals surface area contributed by atoms with Crippen molar-refractivity contribution in [2.24, 2.45) is 0 Å². The van der Waals surface area contributed by atoms with Crippen molar-refractivity contribution in [1.82, 2.24) is 19.6 Å². The molecule has 38 heavy (non-hydrogen) atoms. The van der Waals surface area contributed by atoms with Crippen LogP contribution >= 0.6 is 24.0 Å². The highest BCUT2D eigenvalue weighted by Gasteiger charge is 2.37. The number of carbonyl (C=O) groups excluding carboxylic acids is 3. The molecule has 1 N–H and O–H groups in total. The molecule has 0 saturated carbocycles. The summed E-state index contributed by atoms with van der Waals surface area (Å²) in [5, 5.41) is 2.76. The molecule has 5 heterocycles. The van der Waals surface area contributed by atoms with E-state index in [0.29, 0.717) is 28.8 Å². The molecule has 2 aliphatic rings. The molecule has 0 bridgehead atoms. The van der Waals surface area contributed by atoms with Crippen molar-refractivity contribution in [3.05, 3.63) is 69.4 Å². The Balaban J connectivity index is 1.60. The zero-order valence-corrected chi connectivity index (χ0v) is 21.9. The molecule has 13 heteroatoms. The summed E-state index contributed by atoms with van der Waals surface area (Å²) in [6, 6.07) is 7.62. The molecule has 0 aliphatic carbocycles. The molecule has 1 atom stereocenters. The second-order valence-electron chi connectivity index (χ2n) is 8.44. The van der Waals surface area contributed by atoms with Gasteiger partial charge in [-0.2, -0.15) is 0 Å². The highest BCUT2D eigenvalue weighted by molar-refractivity contribution is 8.26. The number of amides is 2. The first-order chi connectivity index (χ1) is 18.4. The third kappa shape index (κ3) is 4.94. The zero-order chi connectivity index (χ0) is 26.8. The summed E-state index contributed by atoms with van der Waals surface area (Å²) in [6.45, 7) is 2.60. The number of anilines is 1. The predicted octanol–water partition coefficient (Wildman–Crippen LogP) is 1.95. The lowest BCUT2D eigenvalue weighted by Gasteiger charge is -2.36. The number of aromatic nitrogens is 2. The second kappa shape index (κ2) is 10.8. The maximum absolute atomic E-state index is 13.7. The molecule has 11 nitrogen and oxygen atoms in total. The molecule has 2 aliphatic heterocycles. The number of hydrogen-bond acceptors (Lipinski definition) is 10. The number of ether oxygens (including phenoxy) is 1. The van der Waals surface area contributed by atoms with Crippen LogP contribution in [-0.4, -0.2) is 62.1 Å². The summed E-state index contributed by atoms with van der Waals surface area (Å²) in [5.74, 6) is -0.537. The standard InChI is InChI=1S/C25H23N5O6S2/c1-2-35-20(31)13-17-22(32)26-8-10-28(17)21-16(23(33)29-9-4-3-7-19(29)27-21)12-18-24(34)30(25(37)38-18)14-15-6-5-11-36-15/h3-7,9,11-12,17H,2,8,10,13-14H2,1H3,(H,26,32)/b18-12-/t17-/m1/s1. The molecule has 0 spiro atoms. The van der Waals surface area contributed by atoms with Crippen molar-refractivity contribution >= 4 is 63.6 Å². The van der Waals surface area contributed by atoms with Crippen molar-refractivity contribution in [3.8, 4) is 0 Å². The van der Waals surface area contributed by atoms with Crippen LogP contribution in [0.15, 0.2) is 56.9 Å². The Morgan fingerprint density at radius 2 is 2.13 bits per heavy atom. The number of esters is 1. The monoisotopic (exact) mass is 553 g/mol. The first-order valence-electron chi connectivity index (χ1n) is 11.9. The SMILES string of the molecule is CCOC(=O)C[C@@H]1C(=O)NCCN1c1nc2ccccn2c(=O)c1/C=C1\SC(=S)N(Cc2ccco2)C1=O. The van der Waals surface area contributed by atoms with E-state index in [1.54, 1.807) is 48.4 Å². The summed E-state index contributed by atoms with van der Waals surface area (Å²) in [5.41, 5.74) is 0.0365. The van der Waals surface area contributed by atoms with Crippen LogP contribution in [0.5, 0.6) is 0 Å². The summed E-state index contributed by atoms with van der Waals surface area (Å²) in [4.78, 5) is 60.1. The molecule has 0 aromatic carbocycles. The number of nitrogens with one attached hydrogen (secondary N) is 1. The molecule has 0 radical (unpaired) electrons. The summed E-state index contributed by atoms with van der Waals surface area (Å²) < 4.78 is 12.1. The summed E-state index contributed by atoms with van der Waals surface area (Å²) in [7, 11) is 0. The molecule has 3 aromatic rings. The van der Waals surface area contributed by atoms with Crippen LogP contribution in [0.3, 0.4) is 0 Å². The van der Waals surface area contributed by atoms with Crippen molar-refractivity contribution in [2.45, 2.75) is 25.9 Å². The van der Waals surface area contributed by atoms with Gasteiger partial charge in [-0.05, 0) is 37.3 Å². The van der Waals surface area contributed by atoms with Crippen molar-refractivity contribution in [3.63, 3.8) is 0 Å². The summed E-state index contributed by atoms with van der Waals surface area (Å²) >= 11 is 6.50. The average Bonchev–Trinajstić information content (AvgIpc) is 3.51. The number of nitrogens with zero attached hydrogens (tertiary/aromatic N) is 4. The molecule has 5 rings (SSSR count). The fourth-order valence-corrected chi connectivity index (χ4v) is 5.55. The Hall–Kier alpha value is -3.97. The molecule has 2 saturated heterocycles. The quantitative estimate of drug-likeness (QED) is 0.264. The van der Waals surface area contributed by atoms with Crippen LogP contribution in [0.2, 0.25) is 0 Å². The van der Waals surface area contributed by atoms with E-state index in [2.05, 4.69) is 5.32 Å². The molecule has 196 valence electrons.